The minimum absolute atomic E-state index is 0.0353. The number of sulfonamides is 1. The molecule has 16 heteroatoms. The molecule has 0 spiro atoms. The number of hydrogen-bond acceptors (Lipinski definition) is 11. The second kappa shape index (κ2) is 14.8. The maximum absolute atomic E-state index is 13.6. The molecule has 2 saturated heterocycles. The molecule has 250 valence electrons. The van der Waals surface area contributed by atoms with Gasteiger partial charge < -0.3 is 30.3 Å². The highest BCUT2D eigenvalue weighted by Gasteiger charge is 2.27. The normalized spacial score (nSPS) is 16.4. The first-order valence-electron chi connectivity index (χ1n) is 15.1. The van der Waals surface area contributed by atoms with E-state index in [-0.39, 0.29) is 39.7 Å². The van der Waals surface area contributed by atoms with E-state index < -0.39 is 16.6 Å². The molecule has 46 heavy (non-hydrogen) atoms. The number of nitrogens with zero attached hydrogens (tertiary/aromatic N) is 4. The molecule has 2 fully saturated rings. The van der Waals surface area contributed by atoms with Crippen LogP contribution in [0.2, 0.25) is 5.02 Å². The SMILES string of the molecule is CCc1cc(Nc2ncc(Cl)c(Nc3cccc(OC)c3NS(C)(=O)=O)n2)c(OC(F)F)cc1N1CCC(N2CCNCC2)CC1. The van der Waals surface area contributed by atoms with Crippen molar-refractivity contribution in [3.05, 3.63) is 47.1 Å². The summed E-state index contributed by atoms with van der Waals surface area (Å²) >= 11 is 6.40. The van der Waals surface area contributed by atoms with Crippen molar-refractivity contribution in [1.82, 2.24) is 20.2 Å². The van der Waals surface area contributed by atoms with Gasteiger partial charge in [0.25, 0.3) is 0 Å². The van der Waals surface area contributed by atoms with Gasteiger partial charge in [0.15, 0.2) is 11.6 Å². The van der Waals surface area contributed by atoms with Gasteiger partial charge >= 0.3 is 6.61 Å². The first-order chi connectivity index (χ1) is 22.0. The van der Waals surface area contributed by atoms with Gasteiger partial charge in [0, 0.05) is 57.1 Å². The molecule has 4 N–H and O–H groups in total. The highest BCUT2D eigenvalue weighted by Crippen LogP contribution is 2.39. The number of methoxy groups -OCH3 is 1. The minimum atomic E-state index is -3.66. The lowest BCUT2D eigenvalue weighted by Crippen LogP contribution is -2.52. The molecule has 2 aromatic carbocycles. The number of piperidine rings is 1. The monoisotopic (exact) mass is 680 g/mol. The number of ether oxygens (including phenoxy) is 2. The lowest BCUT2D eigenvalue weighted by molar-refractivity contribution is -0.0493. The van der Waals surface area contributed by atoms with E-state index >= 15 is 0 Å². The molecule has 0 unspecified atom stereocenters. The smallest absolute Gasteiger partial charge is 0.387 e. The van der Waals surface area contributed by atoms with E-state index in [2.05, 4.69) is 40.4 Å². The number of aryl methyl sites for hydroxylation is 1. The molecule has 3 heterocycles. The molecule has 2 aliphatic heterocycles. The maximum atomic E-state index is 13.6. The molecule has 0 atom stereocenters. The van der Waals surface area contributed by atoms with Crippen LogP contribution >= 0.6 is 11.6 Å². The van der Waals surface area contributed by atoms with Crippen LogP contribution < -0.4 is 35.0 Å². The fourth-order valence-electron chi connectivity index (χ4n) is 5.86. The number of piperazine rings is 1. The Morgan fingerprint density at radius 3 is 2.48 bits per heavy atom. The number of aromatic nitrogens is 2. The molecule has 12 nitrogen and oxygen atoms in total. The Balaban J connectivity index is 1.40. The summed E-state index contributed by atoms with van der Waals surface area (Å²) in [4.78, 5) is 13.5. The topological polar surface area (TPSA) is 133 Å². The van der Waals surface area contributed by atoms with Gasteiger partial charge in [0.2, 0.25) is 16.0 Å². The molecule has 0 radical (unpaired) electrons. The minimum Gasteiger partial charge on any atom is -0.494 e. The summed E-state index contributed by atoms with van der Waals surface area (Å²) in [6.45, 7) is 4.69. The average Bonchev–Trinajstić information content (AvgIpc) is 3.03. The van der Waals surface area contributed by atoms with Gasteiger partial charge in [0.1, 0.15) is 16.5 Å². The molecular weight excluding hydrogens is 642 g/mol. The Morgan fingerprint density at radius 2 is 1.83 bits per heavy atom. The highest BCUT2D eigenvalue weighted by molar-refractivity contribution is 7.92. The molecule has 0 aliphatic carbocycles. The quantitative estimate of drug-likeness (QED) is 0.205. The van der Waals surface area contributed by atoms with Gasteiger partial charge in [0.05, 0.1) is 30.9 Å². The van der Waals surface area contributed by atoms with Gasteiger partial charge in [-0.2, -0.15) is 13.8 Å². The van der Waals surface area contributed by atoms with Crippen LogP contribution in [0, 0.1) is 0 Å². The standard InChI is InChI=1S/C30H39ClF2N8O4S/c1-4-19-16-23(26(45-29(32)33)17-24(19)41-12-8-20(9-13-41)40-14-10-34-11-15-40)37-30-35-18-21(31)28(38-30)36-22-6-5-7-25(44-2)27(22)39-46(3,42)43/h5-7,16-18,20,29,34,39H,4,8-15H2,1-3H3,(H2,35,36,37,38). The fraction of sp³-hybridized carbons (Fsp3) is 0.467. The van der Waals surface area contributed by atoms with Crippen molar-refractivity contribution < 1.29 is 26.7 Å². The molecule has 2 aliphatic rings. The number of nitrogens with one attached hydrogen (secondary N) is 4. The first kappa shape index (κ1) is 33.7. The summed E-state index contributed by atoms with van der Waals surface area (Å²) in [5.41, 5.74) is 2.57. The van der Waals surface area contributed by atoms with Crippen molar-refractivity contribution in [2.24, 2.45) is 0 Å². The largest absolute Gasteiger partial charge is 0.494 e. The van der Waals surface area contributed by atoms with Crippen molar-refractivity contribution in [3.63, 3.8) is 0 Å². The summed E-state index contributed by atoms with van der Waals surface area (Å²) in [7, 11) is -2.24. The average molecular weight is 681 g/mol. The van der Waals surface area contributed by atoms with Crippen molar-refractivity contribution in [3.8, 4) is 11.5 Å². The van der Waals surface area contributed by atoms with Crippen molar-refractivity contribution >= 4 is 56.1 Å². The van der Waals surface area contributed by atoms with E-state index in [0.29, 0.717) is 18.2 Å². The Hall–Kier alpha value is -3.66. The van der Waals surface area contributed by atoms with E-state index in [9.17, 15) is 17.2 Å². The second-order valence-corrected chi connectivity index (χ2v) is 13.3. The maximum Gasteiger partial charge on any atom is 0.387 e. The Bertz CT molecular complexity index is 1620. The van der Waals surface area contributed by atoms with Crippen molar-refractivity contribution in [2.75, 3.05) is 72.9 Å². The van der Waals surface area contributed by atoms with E-state index in [1.807, 2.05) is 6.92 Å². The zero-order chi connectivity index (χ0) is 32.8. The molecule has 0 saturated carbocycles. The van der Waals surface area contributed by atoms with Gasteiger partial charge in [-0.05, 0) is 43.0 Å². The predicted octanol–water partition coefficient (Wildman–Crippen LogP) is 5.04. The van der Waals surface area contributed by atoms with Crippen LogP contribution in [0.15, 0.2) is 36.5 Å². The highest BCUT2D eigenvalue weighted by atomic mass is 35.5. The molecule has 1 aromatic heterocycles. The Labute approximate surface area is 272 Å². The molecule has 0 amide bonds. The van der Waals surface area contributed by atoms with E-state index in [0.717, 1.165) is 69.6 Å². The predicted molar refractivity (Wildman–Crippen MR) is 177 cm³/mol. The summed E-state index contributed by atoms with van der Waals surface area (Å²) in [6, 6.07) is 8.85. The van der Waals surface area contributed by atoms with Crippen molar-refractivity contribution in [1.29, 1.82) is 0 Å². The number of benzene rings is 2. The molecule has 0 bridgehead atoms. The number of alkyl halides is 2. The number of rotatable bonds is 12. The molecule has 3 aromatic rings. The van der Waals surface area contributed by atoms with Crippen LogP contribution in [-0.2, 0) is 16.4 Å². The van der Waals surface area contributed by atoms with Gasteiger partial charge in [-0.25, -0.2) is 13.4 Å². The first-order valence-corrected chi connectivity index (χ1v) is 17.3. The number of hydrogen-bond donors (Lipinski definition) is 4. The number of halogens is 3. The van der Waals surface area contributed by atoms with Gasteiger partial charge in [-0.15, -0.1) is 0 Å². The van der Waals surface area contributed by atoms with Gasteiger partial charge in [-0.3, -0.25) is 9.62 Å². The Morgan fingerprint density at radius 1 is 1.09 bits per heavy atom. The fourth-order valence-corrected chi connectivity index (χ4v) is 6.58. The summed E-state index contributed by atoms with van der Waals surface area (Å²) in [5.74, 6) is 0.429. The Kier molecular flexibility index (Phi) is 10.9. The van der Waals surface area contributed by atoms with Crippen LogP contribution in [0.25, 0.3) is 0 Å². The third kappa shape index (κ3) is 8.37. The van der Waals surface area contributed by atoms with Crippen LogP contribution in [0.3, 0.4) is 0 Å². The second-order valence-electron chi connectivity index (χ2n) is 11.1. The summed E-state index contributed by atoms with van der Waals surface area (Å²) < 4.78 is 64.1. The third-order valence-corrected chi connectivity index (χ3v) is 8.88. The summed E-state index contributed by atoms with van der Waals surface area (Å²) in [5, 5.41) is 9.57. The number of anilines is 6. The third-order valence-electron chi connectivity index (χ3n) is 8.03. The van der Waals surface area contributed by atoms with Crippen LogP contribution in [0.1, 0.15) is 25.3 Å². The molecule has 5 rings (SSSR count). The van der Waals surface area contributed by atoms with Crippen molar-refractivity contribution in [2.45, 2.75) is 38.8 Å². The zero-order valence-corrected chi connectivity index (χ0v) is 27.5. The lowest BCUT2D eigenvalue weighted by Gasteiger charge is -2.41. The van der Waals surface area contributed by atoms with E-state index in [1.165, 1.54) is 13.3 Å². The zero-order valence-electron chi connectivity index (χ0n) is 25.9. The van der Waals surface area contributed by atoms with Crippen LogP contribution in [0.5, 0.6) is 11.5 Å². The van der Waals surface area contributed by atoms with Crippen LogP contribution in [0.4, 0.5) is 43.3 Å². The summed E-state index contributed by atoms with van der Waals surface area (Å²) in [6.07, 6.45) is 5.02. The lowest BCUT2D eigenvalue weighted by atomic mass is 9.99. The van der Waals surface area contributed by atoms with E-state index in [1.54, 1.807) is 30.3 Å². The van der Waals surface area contributed by atoms with E-state index in [4.69, 9.17) is 21.1 Å². The molecular formula is C30H39ClF2N8O4S. The van der Waals surface area contributed by atoms with Gasteiger partial charge in [-0.1, -0.05) is 24.6 Å². The number of para-hydroxylation sites is 1. The van der Waals surface area contributed by atoms with Crippen LogP contribution in [-0.4, -0.2) is 88.6 Å².